The topological polar surface area (TPSA) is 128 Å². The van der Waals surface area contributed by atoms with Crippen molar-refractivity contribution in [3.63, 3.8) is 0 Å². The summed E-state index contributed by atoms with van der Waals surface area (Å²) in [5.74, 6) is 1.57. The summed E-state index contributed by atoms with van der Waals surface area (Å²) >= 11 is 1.66. The number of anilines is 1. The predicted molar refractivity (Wildman–Crippen MR) is 198 cm³/mol. The number of rotatable bonds is 10. The lowest BCUT2D eigenvalue weighted by molar-refractivity contribution is 0.0809. The molecule has 8 rings (SSSR count). The van der Waals surface area contributed by atoms with Crippen molar-refractivity contribution in [2.24, 2.45) is 9.98 Å². The molecule has 0 saturated carbocycles. The molecule has 258 valence electrons. The number of hydrogen-bond acceptors (Lipinski definition) is 10. The molecule has 0 spiro atoms. The van der Waals surface area contributed by atoms with Gasteiger partial charge in [-0.05, 0) is 52.4 Å². The third-order valence-electron chi connectivity index (χ3n) is 9.35. The number of thiophene rings is 1. The zero-order valence-corrected chi connectivity index (χ0v) is 28.9. The molecular formula is C39H35N5O6S. The number of methoxy groups -OCH3 is 2. The van der Waals surface area contributed by atoms with Crippen LogP contribution in [0.4, 0.5) is 17.1 Å². The number of nitrogens with zero attached hydrogens (tertiary/aromatic N) is 4. The van der Waals surface area contributed by atoms with E-state index in [2.05, 4.69) is 16.1 Å². The summed E-state index contributed by atoms with van der Waals surface area (Å²) in [4.78, 5) is 41.3. The maximum atomic E-state index is 13.7. The SMILES string of the molecule is COc1cc2c(cc1OCCCOc1cc3c(cc1OC)C(=O)N1C=C(c4cccs4)C[C@H]1C=N3)N=C[C@@H]1CC(c3ccc(N)cc3)=CN1C2=O. The van der Waals surface area contributed by atoms with E-state index >= 15 is 0 Å². The van der Waals surface area contributed by atoms with Crippen molar-refractivity contribution >= 4 is 63.8 Å². The summed E-state index contributed by atoms with van der Waals surface area (Å²) in [5.41, 5.74) is 11.7. The molecule has 0 saturated heterocycles. The summed E-state index contributed by atoms with van der Waals surface area (Å²) in [6.07, 6.45) is 9.36. The van der Waals surface area contributed by atoms with Crippen LogP contribution >= 0.6 is 11.3 Å². The highest BCUT2D eigenvalue weighted by Gasteiger charge is 2.35. The first-order valence-corrected chi connectivity index (χ1v) is 17.5. The van der Waals surface area contributed by atoms with Crippen molar-refractivity contribution < 1.29 is 28.5 Å². The average Bonchev–Trinajstić information content (AvgIpc) is 3.90. The van der Waals surface area contributed by atoms with Crippen LogP contribution in [-0.2, 0) is 0 Å². The van der Waals surface area contributed by atoms with Gasteiger partial charge < -0.3 is 34.5 Å². The molecule has 2 N–H and O–H groups in total. The van der Waals surface area contributed by atoms with E-state index in [9.17, 15) is 9.59 Å². The number of ether oxygens (including phenoxy) is 4. The summed E-state index contributed by atoms with van der Waals surface area (Å²) in [7, 11) is 3.09. The van der Waals surface area contributed by atoms with Crippen LogP contribution in [0.25, 0.3) is 11.1 Å². The molecule has 0 fully saturated rings. The highest BCUT2D eigenvalue weighted by atomic mass is 32.1. The summed E-state index contributed by atoms with van der Waals surface area (Å²) in [5, 5.41) is 2.03. The van der Waals surface area contributed by atoms with Crippen LogP contribution in [0.2, 0.25) is 0 Å². The first-order chi connectivity index (χ1) is 24.9. The van der Waals surface area contributed by atoms with Gasteiger partial charge in [-0.2, -0.15) is 0 Å². The number of nitrogen functional groups attached to an aromatic ring is 1. The Hall–Kier alpha value is -5.88. The minimum absolute atomic E-state index is 0.127. The van der Waals surface area contributed by atoms with Crippen molar-refractivity contribution in [2.75, 3.05) is 33.2 Å². The van der Waals surface area contributed by atoms with Crippen molar-refractivity contribution in [3.8, 4) is 23.0 Å². The fourth-order valence-electron chi connectivity index (χ4n) is 6.70. The summed E-state index contributed by atoms with van der Waals surface area (Å²) in [6, 6.07) is 18.2. The molecule has 5 heterocycles. The van der Waals surface area contributed by atoms with E-state index in [1.807, 2.05) is 60.5 Å². The zero-order valence-electron chi connectivity index (χ0n) is 28.1. The number of fused-ring (bicyclic) bond motifs is 4. The maximum Gasteiger partial charge on any atom is 0.260 e. The van der Waals surface area contributed by atoms with Crippen molar-refractivity contribution in [2.45, 2.75) is 31.3 Å². The monoisotopic (exact) mass is 701 g/mol. The van der Waals surface area contributed by atoms with E-state index in [0.29, 0.717) is 83.7 Å². The Morgan fingerprint density at radius 2 is 1.29 bits per heavy atom. The molecule has 0 bridgehead atoms. The number of aliphatic imine (C=N–C) groups is 2. The molecule has 2 atom stereocenters. The van der Waals surface area contributed by atoms with E-state index in [0.717, 1.165) is 21.6 Å². The second-order valence-corrected chi connectivity index (χ2v) is 13.5. The molecule has 0 aliphatic carbocycles. The van der Waals surface area contributed by atoms with Crippen molar-refractivity contribution in [1.29, 1.82) is 0 Å². The van der Waals surface area contributed by atoms with E-state index < -0.39 is 0 Å². The van der Waals surface area contributed by atoms with E-state index in [4.69, 9.17) is 24.7 Å². The van der Waals surface area contributed by atoms with Gasteiger partial charge in [-0.1, -0.05) is 18.2 Å². The highest BCUT2D eigenvalue weighted by molar-refractivity contribution is 7.11. The Bertz CT molecular complexity index is 2140. The minimum Gasteiger partial charge on any atom is -0.493 e. The number of nitrogens with two attached hydrogens (primary N) is 1. The van der Waals surface area contributed by atoms with E-state index in [1.165, 1.54) is 0 Å². The molecule has 4 aliphatic rings. The number of benzene rings is 3. The number of carbonyl (C=O) groups is 2. The van der Waals surface area contributed by atoms with Gasteiger partial charge >= 0.3 is 0 Å². The lowest BCUT2D eigenvalue weighted by Crippen LogP contribution is -2.32. The molecule has 4 aliphatic heterocycles. The molecule has 12 heteroatoms. The number of amides is 2. The van der Waals surface area contributed by atoms with Gasteiger partial charge in [0.05, 0.1) is 62.0 Å². The van der Waals surface area contributed by atoms with Crippen LogP contribution in [0.15, 0.2) is 88.4 Å². The Morgan fingerprint density at radius 3 is 1.82 bits per heavy atom. The molecule has 3 aromatic carbocycles. The Balaban J connectivity index is 0.916. The van der Waals surface area contributed by atoms with Gasteiger partial charge in [0.15, 0.2) is 23.0 Å². The largest absolute Gasteiger partial charge is 0.493 e. The Labute approximate surface area is 298 Å². The van der Waals surface area contributed by atoms with E-state index in [-0.39, 0.29) is 23.9 Å². The summed E-state index contributed by atoms with van der Waals surface area (Å²) in [6.45, 7) is 0.631. The van der Waals surface area contributed by atoms with Crippen molar-refractivity contribution in [1.82, 2.24) is 9.80 Å². The van der Waals surface area contributed by atoms with Gasteiger partial charge in [-0.3, -0.25) is 19.6 Å². The standard InChI is InChI=1S/C39H35N5O6S/c1-47-33-15-29-31(41-19-27-13-24(21-43(27)38(29)45)23-6-8-26(40)9-7-23)17-35(33)49-10-4-11-50-36-18-32-30(16-34(36)48-2)39(46)44-22-25(14-28(44)20-42-32)37-5-3-12-51-37/h3,5-9,12,15-22,27-28H,4,10-11,13-14,40H2,1-2H3/t27-,28-/m0/s1. The molecule has 11 nitrogen and oxygen atoms in total. The minimum atomic E-state index is -0.197. The smallest absolute Gasteiger partial charge is 0.260 e. The van der Waals surface area contributed by atoms with Gasteiger partial charge in [0.25, 0.3) is 11.8 Å². The molecule has 0 unspecified atom stereocenters. The lowest BCUT2D eigenvalue weighted by Gasteiger charge is -2.19. The predicted octanol–water partition coefficient (Wildman–Crippen LogP) is 7.14. The Morgan fingerprint density at radius 1 is 0.745 bits per heavy atom. The fourth-order valence-corrected chi connectivity index (χ4v) is 7.44. The number of carbonyl (C=O) groups excluding carboxylic acids is 2. The van der Waals surface area contributed by atoms with Crippen LogP contribution in [0.5, 0.6) is 23.0 Å². The van der Waals surface area contributed by atoms with Gasteiger partial charge in [0.1, 0.15) is 0 Å². The van der Waals surface area contributed by atoms with Crippen LogP contribution in [0.3, 0.4) is 0 Å². The third-order valence-corrected chi connectivity index (χ3v) is 10.3. The summed E-state index contributed by atoms with van der Waals surface area (Å²) < 4.78 is 23.5. The average molecular weight is 702 g/mol. The van der Waals surface area contributed by atoms with Gasteiger partial charge in [0, 0.05) is 66.8 Å². The van der Waals surface area contributed by atoms with Crippen molar-refractivity contribution in [3.05, 3.63) is 100 Å². The van der Waals surface area contributed by atoms with Crippen LogP contribution in [-0.4, -0.2) is 73.6 Å². The molecule has 0 radical (unpaired) electrons. The van der Waals surface area contributed by atoms with Crippen LogP contribution in [0.1, 0.15) is 50.4 Å². The first kappa shape index (κ1) is 32.3. The normalized spacial score (nSPS) is 18.6. The molecule has 1 aromatic heterocycles. The Kier molecular flexibility index (Phi) is 8.52. The lowest BCUT2D eigenvalue weighted by atomic mass is 10.0. The molecule has 4 aromatic rings. The van der Waals surface area contributed by atoms with Gasteiger partial charge in [-0.15, -0.1) is 11.3 Å². The molecule has 51 heavy (non-hydrogen) atoms. The molecule has 2 amide bonds. The van der Waals surface area contributed by atoms with Crippen LogP contribution < -0.4 is 24.7 Å². The quantitative estimate of drug-likeness (QED) is 0.138. The maximum absolute atomic E-state index is 13.7. The third kappa shape index (κ3) is 6.12. The number of hydrogen-bond donors (Lipinski definition) is 1. The van der Waals surface area contributed by atoms with Gasteiger partial charge in [-0.25, -0.2) is 0 Å². The molecular weight excluding hydrogens is 667 g/mol. The highest BCUT2D eigenvalue weighted by Crippen LogP contribution is 2.42. The fraction of sp³-hybridized carbons (Fsp3) is 0.231. The first-order valence-electron chi connectivity index (χ1n) is 16.6. The zero-order chi connectivity index (χ0) is 35.1. The van der Waals surface area contributed by atoms with Gasteiger partial charge in [0.2, 0.25) is 0 Å². The second kappa shape index (κ2) is 13.4. The van der Waals surface area contributed by atoms with Crippen LogP contribution in [0, 0.1) is 0 Å². The van der Waals surface area contributed by atoms with E-state index in [1.54, 1.807) is 59.6 Å². The second-order valence-electron chi connectivity index (χ2n) is 12.5.